The summed E-state index contributed by atoms with van der Waals surface area (Å²) in [6.45, 7) is 2.42. The van der Waals surface area contributed by atoms with E-state index in [1.54, 1.807) is 7.11 Å². The molecule has 0 aromatic heterocycles. The second-order valence-corrected chi connectivity index (χ2v) is 7.22. The van der Waals surface area contributed by atoms with Crippen molar-refractivity contribution >= 4 is 0 Å². The first-order valence-electron chi connectivity index (χ1n) is 8.82. The molecule has 5 heteroatoms. The van der Waals surface area contributed by atoms with Gasteiger partial charge in [-0.1, -0.05) is 6.08 Å². The van der Waals surface area contributed by atoms with Gasteiger partial charge in [0.2, 0.25) is 6.79 Å². The highest BCUT2D eigenvalue weighted by molar-refractivity contribution is 5.55. The molecule has 1 saturated heterocycles. The molecule has 1 aromatic rings. The summed E-state index contributed by atoms with van der Waals surface area (Å²) in [6.07, 6.45) is 5.35. The zero-order valence-corrected chi connectivity index (χ0v) is 14.0. The number of ether oxygens (including phenoxy) is 3. The van der Waals surface area contributed by atoms with Gasteiger partial charge in [0.25, 0.3) is 0 Å². The molecule has 1 spiro atoms. The Morgan fingerprint density at radius 1 is 1.21 bits per heavy atom. The number of hydrogen-bond acceptors (Lipinski definition) is 5. The lowest BCUT2D eigenvalue weighted by atomic mass is 9.72. The third kappa shape index (κ3) is 1.86. The van der Waals surface area contributed by atoms with Crippen molar-refractivity contribution < 1.29 is 19.3 Å². The number of fused-ring (bicyclic) bond motifs is 2. The molecule has 1 aliphatic carbocycles. The van der Waals surface area contributed by atoms with Crippen LogP contribution in [0, 0.1) is 0 Å². The highest BCUT2D eigenvalue weighted by atomic mass is 16.7. The summed E-state index contributed by atoms with van der Waals surface area (Å²) in [4.78, 5) is 2.59. The van der Waals surface area contributed by atoms with Crippen molar-refractivity contribution in [3.8, 4) is 11.5 Å². The standard InChI is InChI=1S/C19H23NO4/c1-22-18-10-19-13(8-15(18)21)4-6-20(19)5-2-3-12-7-16-17(9-14(12)19)24-11-23-16/h7-9,15,18,21H,2-6,10-11H2,1H3. The van der Waals surface area contributed by atoms with Crippen molar-refractivity contribution in [2.24, 2.45) is 0 Å². The van der Waals surface area contributed by atoms with Crippen LogP contribution >= 0.6 is 0 Å². The zero-order valence-electron chi connectivity index (χ0n) is 14.0. The van der Waals surface area contributed by atoms with Crippen molar-refractivity contribution in [2.45, 2.75) is 43.4 Å². The minimum absolute atomic E-state index is 0.160. The fraction of sp³-hybridized carbons (Fsp3) is 0.579. The molecule has 0 bridgehead atoms. The Balaban J connectivity index is 1.73. The fourth-order valence-corrected chi connectivity index (χ4v) is 5.08. The molecule has 4 aliphatic rings. The smallest absolute Gasteiger partial charge is 0.231 e. The van der Waals surface area contributed by atoms with Crippen LogP contribution < -0.4 is 9.47 Å². The first-order valence-corrected chi connectivity index (χ1v) is 8.82. The average molecular weight is 329 g/mol. The van der Waals surface area contributed by atoms with Gasteiger partial charge in [-0.15, -0.1) is 0 Å². The van der Waals surface area contributed by atoms with Gasteiger partial charge in [0, 0.05) is 20.1 Å². The van der Waals surface area contributed by atoms with Gasteiger partial charge in [0.05, 0.1) is 17.7 Å². The van der Waals surface area contributed by atoms with E-state index in [0.717, 1.165) is 50.3 Å². The van der Waals surface area contributed by atoms with E-state index in [1.807, 2.05) is 6.08 Å². The van der Waals surface area contributed by atoms with Crippen LogP contribution in [0.15, 0.2) is 23.8 Å². The van der Waals surface area contributed by atoms with Crippen LogP contribution in [0.25, 0.3) is 0 Å². The number of rotatable bonds is 1. The molecule has 24 heavy (non-hydrogen) atoms. The first-order chi connectivity index (χ1) is 11.7. The van der Waals surface area contributed by atoms with Crippen LogP contribution in [0.2, 0.25) is 0 Å². The van der Waals surface area contributed by atoms with Gasteiger partial charge >= 0.3 is 0 Å². The molecule has 0 radical (unpaired) electrons. The van der Waals surface area contributed by atoms with Gasteiger partial charge in [0.15, 0.2) is 11.5 Å². The summed E-state index contributed by atoms with van der Waals surface area (Å²) in [7, 11) is 1.69. The van der Waals surface area contributed by atoms with Crippen LogP contribution in [0.4, 0.5) is 0 Å². The predicted octanol–water partition coefficient (Wildman–Crippen LogP) is 1.97. The molecule has 0 amide bonds. The number of benzene rings is 1. The van der Waals surface area contributed by atoms with Crippen molar-refractivity contribution in [3.63, 3.8) is 0 Å². The normalized spacial score (nSPS) is 34.2. The molecule has 0 saturated carbocycles. The van der Waals surface area contributed by atoms with Gasteiger partial charge in [-0.05, 0) is 54.6 Å². The maximum Gasteiger partial charge on any atom is 0.231 e. The van der Waals surface area contributed by atoms with Crippen LogP contribution in [0.5, 0.6) is 11.5 Å². The second-order valence-electron chi connectivity index (χ2n) is 7.22. The summed E-state index contributed by atoms with van der Waals surface area (Å²) >= 11 is 0. The van der Waals surface area contributed by atoms with E-state index in [9.17, 15) is 5.11 Å². The Morgan fingerprint density at radius 3 is 2.88 bits per heavy atom. The molecule has 128 valence electrons. The molecule has 5 rings (SSSR count). The lowest BCUT2D eigenvalue weighted by Crippen LogP contribution is -2.49. The lowest BCUT2D eigenvalue weighted by molar-refractivity contribution is -0.0317. The van der Waals surface area contributed by atoms with E-state index in [2.05, 4.69) is 17.0 Å². The zero-order chi connectivity index (χ0) is 16.3. The van der Waals surface area contributed by atoms with Crippen LogP contribution in [-0.2, 0) is 16.7 Å². The summed E-state index contributed by atoms with van der Waals surface area (Å²) in [5, 5.41) is 10.4. The summed E-state index contributed by atoms with van der Waals surface area (Å²) in [5.74, 6) is 1.71. The monoisotopic (exact) mass is 329 g/mol. The third-order valence-corrected chi connectivity index (χ3v) is 6.19. The number of hydrogen-bond donors (Lipinski definition) is 1. The third-order valence-electron chi connectivity index (χ3n) is 6.19. The maximum absolute atomic E-state index is 10.4. The molecular formula is C19H23NO4. The second kappa shape index (κ2) is 5.22. The number of nitrogens with zero attached hydrogens (tertiary/aromatic N) is 1. The van der Waals surface area contributed by atoms with Crippen LogP contribution in [-0.4, -0.2) is 49.2 Å². The molecule has 3 unspecified atom stereocenters. The minimum atomic E-state index is -0.517. The Bertz CT molecular complexity index is 716. The van der Waals surface area contributed by atoms with E-state index in [1.165, 1.54) is 16.7 Å². The minimum Gasteiger partial charge on any atom is -0.454 e. The van der Waals surface area contributed by atoms with Gasteiger partial charge in [-0.3, -0.25) is 4.90 Å². The Hall–Kier alpha value is -1.56. The molecule has 1 fully saturated rings. The Labute approximate surface area is 141 Å². The van der Waals surface area contributed by atoms with Gasteiger partial charge < -0.3 is 19.3 Å². The average Bonchev–Trinajstić information content (AvgIpc) is 3.14. The van der Waals surface area contributed by atoms with Crippen LogP contribution in [0.1, 0.15) is 30.4 Å². The topological polar surface area (TPSA) is 51.2 Å². The molecule has 3 heterocycles. The fourth-order valence-electron chi connectivity index (χ4n) is 5.08. The van der Waals surface area contributed by atoms with E-state index in [0.29, 0.717) is 6.79 Å². The highest BCUT2D eigenvalue weighted by Gasteiger charge is 2.52. The molecule has 3 aliphatic heterocycles. The molecule has 1 N–H and O–H groups in total. The van der Waals surface area contributed by atoms with Gasteiger partial charge in [-0.25, -0.2) is 0 Å². The molecule has 5 nitrogen and oxygen atoms in total. The quantitative estimate of drug-likeness (QED) is 0.799. The summed E-state index contributed by atoms with van der Waals surface area (Å²) in [6, 6.07) is 4.35. The lowest BCUT2D eigenvalue weighted by Gasteiger charge is -2.45. The van der Waals surface area contributed by atoms with Gasteiger partial charge in [0.1, 0.15) is 0 Å². The first kappa shape index (κ1) is 14.8. The molecule has 3 atom stereocenters. The van der Waals surface area contributed by atoms with Crippen molar-refractivity contribution in [3.05, 3.63) is 34.9 Å². The van der Waals surface area contributed by atoms with E-state index in [4.69, 9.17) is 14.2 Å². The molecule has 1 aromatic carbocycles. The van der Waals surface area contributed by atoms with Crippen molar-refractivity contribution in [1.29, 1.82) is 0 Å². The Kier molecular flexibility index (Phi) is 3.21. The number of aliphatic hydroxyl groups is 1. The van der Waals surface area contributed by atoms with E-state index in [-0.39, 0.29) is 11.6 Å². The summed E-state index contributed by atoms with van der Waals surface area (Å²) < 4.78 is 16.9. The van der Waals surface area contributed by atoms with Gasteiger partial charge in [-0.2, -0.15) is 0 Å². The Morgan fingerprint density at radius 2 is 2.04 bits per heavy atom. The van der Waals surface area contributed by atoms with Crippen LogP contribution in [0.3, 0.4) is 0 Å². The largest absolute Gasteiger partial charge is 0.454 e. The van der Waals surface area contributed by atoms with E-state index >= 15 is 0 Å². The number of aryl methyl sites for hydroxylation is 1. The van der Waals surface area contributed by atoms with Crippen molar-refractivity contribution in [2.75, 3.05) is 27.0 Å². The van der Waals surface area contributed by atoms with E-state index < -0.39 is 6.10 Å². The summed E-state index contributed by atoms with van der Waals surface area (Å²) in [5.41, 5.74) is 3.85. The number of methoxy groups -OCH3 is 1. The number of aliphatic hydroxyl groups excluding tert-OH is 1. The highest BCUT2D eigenvalue weighted by Crippen LogP contribution is 2.54. The van der Waals surface area contributed by atoms with Crippen molar-refractivity contribution in [1.82, 2.24) is 4.90 Å². The molecular weight excluding hydrogens is 306 g/mol. The SMILES string of the molecule is COC1CC23C(=CC1O)CCN2CCCc1cc2c(cc13)OCO2. The predicted molar refractivity (Wildman–Crippen MR) is 88.3 cm³/mol. The maximum atomic E-state index is 10.4.